The van der Waals surface area contributed by atoms with E-state index in [-0.39, 0.29) is 11.0 Å². The molecule has 0 unspecified atom stereocenters. The lowest BCUT2D eigenvalue weighted by Gasteiger charge is -2.36. The third-order valence-corrected chi connectivity index (χ3v) is 12.8. The highest BCUT2D eigenvalue weighted by Gasteiger charge is 2.37. The van der Waals surface area contributed by atoms with E-state index in [0.717, 1.165) is 58.2 Å². The molecule has 2 aromatic heterocycles. The highest BCUT2D eigenvalue weighted by Crippen LogP contribution is 2.40. The van der Waals surface area contributed by atoms with E-state index in [1.165, 1.54) is 0 Å². The van der Waals surface area contributed by atoms with E-state index in [4.69, 9.17) is 19.0 Å². The van der Waals surface area contributed by atoms with Gasteiger partial charge in [-0.3, -0.25) is 4.68 Å². The molecule has 0 saturated carbocycles. The van der Waals surface area contributed by atoms with Gasteiger partial charge in [0, 0.05) is 36.7 Å². The number of allylic oxidation sites excluding steroid dienone is 1. The third-order valence-electron chi connectivity index (χ3n) is 8.25. The van der Waals surface area contributed by atoms with Gasteiger partial charge in [0.15, 0.2) is 8.32 Å². The summed E-state index contributed by atoms with van der Waals surface area (Å²) in [6, 6.07) is 6.39. The molecule has 3 heterocycles. The van der Waals surface area contributed by atoms with Gasteiger partial charge < -0.3 is 18.5 Å². The van der Waals surface area contributed by atoms with Crippen LogP contribution in [-0.2, 0) is 46.9 Å². The number of aromatic nitrogens is 3. The number of carbonyl (C=O) groups excluding carboxylic acids is 1. The van der Waals surface area contributed by atoms with Crippen LogP contribution in [0.15, 0.2) is 30.4 Å². The van der Waals surface area contributed by atoms with Crippen molar-refractivity contribution in [3.63, 3.8) is 0 Å². The fourth-order valence-electron chi connectivity index (χ4n) is 5.16. The third kappa shape index (κ3) is 5.79. The first-order chi connectivity index (χ1) is 18.5. The van der Waals surface area contributed by atoms with Gasteiger partial charge in [0.25, 0.3) is 0 Å². The lowest BCUT2D eigenvalue weighted by Crippen LogP contribution is -2.41. The molecule has 8 heteroatoms. The first-order valence-electron chi connectivity index (χ1n) is 14.2. The molecule has 39 heavy (non-hydrogen) atoms. The molecule has 0 spiro atoms. The number of aryl methyl sites for hydroxylation is 3. The van der Waals surface area contributed by atoms with Crippen LogP contribution in [0.25, 0.3) is 22.0 Å². The molecule has 1 aromatic carbocycles. The average molecular weight is 552 g/mol. The molecule has 0 atom stereocenters. The second-order valence-corrected chi connectivity index (χ2v) is 16.6. The van der Waals surface area contributed by atoms with Crippen molar-refractivity contribution >= 4 is 25.2 Å². The Labute approximate surface area is 234 Å². The molecule has 0 aliphatic carbocycles. The van der Waals surface area contributed by atoms with Crippen molar-refractivity contribution in [2.75, 3.05) is 19.8 Å². The zero-order chi connectivity index (χ0) is 28.4. The van der Waals surface area contributed by atoms with Crippen LogP contribution in [0.4, 0.5) is 0 Å². The number of ether oxygens (including phenoxy) is 2. The molecular weight excluding hydrogens is 506 g/mol. The van der Waals surface area contributed by atoms with E-state index >= 15 is 0 Å². The number of para-hydroxylation sites is 1. The average Bonchev–Trinajstić information content (AvgIpc) is 3.36. The Morgan fingerprint density at radius 1 is 1.18 bits per heavy atom. The van der Waals surface area contributed by atoms with Crippen molar-refractivity contribution in [1.82, 2.24) is 14.3 Å². The van der Waals surface area contributed by atoms with Crippen LogP contribution in [-0.4, -0.2) is 48.5 Å². The number of carbonyl (C=O) groups is 1. The Bertz CT molecular complexity index is 1360. The van der Waals surface area contributed by atoms with Crippen molar-refractivity contribution in [1.29, 1.82) is 0 Å². The summed E-state index contributed by atoms with van der Waals surface area (Å²) in [4.78, 5) is 13.5. The van der Waals surface area contributed by atoms with Crippen LogP contribution in [0.1, 0.15) is 68.5 Å². The Morgan fingerprint density at radius 2 is 1.95 bits per heavy atom. The van der Waals surface area contributed by atoms with Gasteiger partial charge in [-0.2, -0.15) is 5.10 Å². The van der Waals surface area contributed by atoms with Crippen LogP contribution in [0, 0.1) is 0 Å². The topological polar surface area (TPSA) is 67.5 Å². The molecule has 212 valence electrons. The fraction of sp³-hybridized carbons (Fsp3) is 0.548. The van der Waals surface area contributed by atoms with Crippen LogP contribution >= 0.6 is 0 Å². The number of esters is 1. The van der Waals surface area contributed by atoms with Gasteiger partial charge in [-0.15, -0.1) is 0 Å². The van der Waals surface area contributed by atoms with Crippen LogP contribution in [0.2, 0.25) is 18.1 Å². The SMILES string of the molecule is CCOC(=O)c1c(CCCO[Si](C)(C)C(C)(C)C)c2cccc3c2n1C/C=C\COCc1c-3c(CC)nn1C. The smallest absolute Gasteiger partial charge is 0.355 e. The Kier molecular flexibility index (Phi) is 8.88. The number of nitrogens with zero attached hydrogens (tertiary/aromatic N) is 3. The molecule has 0 bridgehead atoms. The number of hydrogen-bond acceptors (Lipinski definition) is 5. The molecule has 1 aliphatic rings. The molecule has 0 saturated heterocycles. The van der Waals surface area contributed by atoms with Gasteiger partial charge in [-0.1, -0.05) is 58.0 Å². The van der Waals surface area contributed by atoms with Gasteiger partial charge in [0.1, 0.15) is 5.69 Å². The molecule has 0 N–H and O–H groups in total. The number of hydrogen-bond donors (Lipinski definition) is 0. The molecule has 0 fully saturated rings. The normalized spacial score (nSPS) is 15.2. The van der Waals surface area contributed by atoms with Gasteiger partial charge >= 0.3 is 5.97 Å². The van der Waals surface area contributed by atoms with E-state index < -0.39 is 8.32 Å². The molecule has 0 radical (unpaired) electrons. The highest BCUT2D eigenvalue weighted by molar-refractivity contribution is 6.74. The summed E-state index contributed by atoms with van der Waals surface area (Å²) in [5, 5.41) is 6.09. The minimum absolute atomic E-state index is 0.160. The molecular formula is C31H45N3O4Si. The van der Waals surface area contributed by atoms with E-state index in [0.29, 0.717) is 38.7 Å². The summed E-state index contributed by atoms with van der Waals surface area (Å²) < 4.78 is 22.2. The second kappa shape index (κ2) is 11.8. The molecule has 1 aliphatic heterocycles. The molecule has 4 rings (SSSR count). The van der Waals surface area contributed by atoms with Gasteiger partial charge in [-0.25, -0.2) is 4.79 Å². The Balaban J connectivity index is 1.88. The van der Waals surface area contributed by atoms with Crippen LogP contribution < -0.4 is 0 Å². The maximum atomic E-state index is 13.5. The monoisotopic (exact) mass is 551 g/mol. The Hall–Kier alpha value is -2.68. The minimum Gasteiger partial charge on any atom is -0.461 e. The van der Waals surface area contributed by atoms with Crippen molar-refractivity contribution in [3.05, 3.63) is 53.0 Å². The van der Waals surface area contributed by atoms with Crippen molar-refractivity contribution < 1.29 is 18.7 Å². The largest absolute Gasteiger partial charge is 0.461 e. The first-order valence-corrected chi connectivity index (χ1v) is 17.2. The molecule has 3 aromatic rings. The molecule has 7 nitrogen and oxygen atoms in total. The maximum absolute atomic E-state index is 13.5. The van der Waals surface area contributed by atoms with Crippen LogP contribution in [0.5, 0.6) is 0 Å². The van der Waals surface area contributed by atoms with Gasteiger partial charge in [0.2, 0.25) is 0 Å². The standard InChI is InChI=1S/C31H45N3O4Si/c1-9-25-27-24-16-13-15-22-23(17-14-20-38-39(7,8)31(3,4)5)29(30(35)37-10-2)34(28(22)24)18-11-12-19-36-21-26(27)33(6)32-25/h11-13,15-16H,9-10,14,17-21H2,1-8H3/b12-11-. The number of rotatable bonds is 8. The van der Waals surface area contributed by atoms with Crippen molar-refractivity contribution in [3.8, 4) is 11.1 Å². The zero-order valence-corrected chi connectivity index (χ0v) is 26.0. The van der Waals surface area contributed by atoms with E-state index in [1.807, 2.05) is 24.7 Å². The summed E-state index contributed by atoms with van der Waals surface area (Å²) in [5.74, 6) is -0.276. The fourth-order valence-corrected chi connectivity index (χ4v) is 6.25. The summed E-state index contributed by atoms with van der Waals surface area (Å²) in [6.45, 7) is 17.9. The summed E-state index contributed by atoms with van der Waals surface area (Å²) >= 11 is 0. The number of fused-ring (bicyclic) bond motifs is 2. The second-order valence-electron chi connectivity index (χ2n) is 11.8. The highest BCUT2D eigenvalue weighted by atomic mass is 28.4. The predicted octanol–water partition coefficient (Wildman–Crippen LogP) is 6.82. The maximum Gasteiger partial charge on any atom is 0.355 e. The number of benzene rings is 1. The lowest BCUT2D eigenvalue weighted by atomic mass is 9.97. The summed E-state index contributed by atoms with van der Waals surface area (Å²) in [5.41, 5.74) is 7.00. The summed E-state index contributed by atoms with van der Waals surface area (Å²) in [7, 11) is 0.130. The van der Waals surface area contributed by atoms with E-state index in [9.17, 15) is 4.79 Å². The summed E-state index contributed by atoms with van der Waals surface area (Å²) in [6.07, 6.45) is 6.49. The lowest BCUT2D eigenvalue weighted by molar-refractivity contribution is 0.0513. The van der Waals surface area contributed by atoms with E-state index in [1.54, 1.807) is 0 Å². The Morgan fingerprint density at radius 3 is 2.64 bits per heavy atom. The van der Waals surface area contributed by atoms with Gasteiger partial charge in [-0.05, 0) is 49.9 Å². The van der Waals surface area contributed by atoms with Gasteiger partial charge in [0.05, 0.1) is 36.7 Å². The minimum atomic E-state index is -1.85. The molecule has 0 amide bonds. The van der Waals surface area contributed by atoms with E-state index in [2.05, 4.69) is 69.6 Å². The first kappa shape index (κ1) is 29.3. The zero-order valence-electron chi connectivity index (χ0n) is 25.0. The van der Waals surface area contributed by atoms with Crippen molar-refractivity contribution in [2.45, 2.75) is 85.2 Å². The quantitative estimate of drug-likeness (QED) is 0.133. The van der Waals surface area contributed by atoms with Crippen LogP contribution in [0.3, 0.4) is 0 Å². The predicted molar refractivity (Wildman–Crippen MR) is 160 cm³/mol. The van der Waals surface area contributed by atoms with Crippen molar-refractivity contribution in [2.24, 2.45) is 7.05 Å².